The van der Waals surface area contributed by atoms with Crippen LogP contribution in [0.1, 0.15) is 45.4 Å². The third-order valence-corrected chi connectivity index (χ3v) is 5.87. The number of hydrogen-bond donors (Lipinski definition) is 0. The van der Waals surface area contributed by atoms with E-state index < -0.39 is 0 Å². The minimum Gasteiger partial charge on any atom is -0.381 e. The van der Waals surface area contributed by atoms with E-state index in [9.17, 15) is 4.79 Å². The van der Waals surface area contributed by atoms with Gasteiger partial charge >= 0.3 is 0 Å². The zero-order valence-electron chi connectivity index (χ0n) is 13.5. The number of amides is 1. The highest BCUT2D eigenvalue weighted by Gasteiger charge is 2.39. The molecule has 0 saturated carbocycles. The van der Waals surface area contributed by atoms with Crippen LogP contribution in [0, 0.1) is 11.3 Å². The molecule has 0 aromatic rings. The average molecular weight is 294 g/mol. The first kappa shape index (κ1) is 15.3. The summed E-state index contributed by atoms with van der Waals surface area (Å²) < 4.78 is 5.40. The van der Waals surface area contributed by atoms with Crippen molar-refractivity contribution < 1.29 is 9.53 Å². The van der Waals surface area contributed by atoms with Crippen molar-refractivity contribution in [2.45, 2.75) is 45.4 Å². The maximum atomic E-state index is 12.6. The number of carbonyl (C=O) groups excluding carboxylic acids is 1. The molecule has 3 aliphatic rings. The molecule has 3 aliphatic heterocycles. The number of piperidine rings is 2. The Balaban J connectivity index is 1.54. The number of ether oxygens (including phenoxy) is 1. The largest absolute Gasteiger partial charge is 0.381 e. The van der Waals surface area contributed by atoms with Gasteiger partial charge in [-0.2, -0.15) is 0 Å². The summed E-state index contributed by atoms with van der Waals surface area (Å²) in [7, 11) is 0. The number of rotatable bonds is 3. The van der Waals surface area contributed by atoms with Crippen LogP contribution >= 0.6 is 0 Å². The van der Waals surface area contributed by atoms with Crippen molar-refractivity contribution in [1.29, 1.82) is 0 Å². The van der Waals surface area contributed by atoms with Crippen LogP contribution < -0.4 is 0 Å². The van der Waals surface area contributed by atoms with Crippen LogP contribution in [0.3, 0.4) is 0 Å². The highest BCUT2D eigenvalue weighted by molar-refractivity contribution is 5.76. The van der Waals surface area contributed by atoms with E-state index in [1.165, 1.54) is 45.3 Å². The molecule has 4 heteroatoms. The van der Waals surface area contributed by atoms with Gasteiger partial charge < -0.3 is 14.5 Å². The topological polar surface area (TPSA) is 32.8 Å². The standard InChI is InChI=1S/C17H30N2O2/c1-2-18-9-6-17(7-10-18)5-3-8-19(14-17)16(20)12-15-4-11-21-13-15/h15H,2-14H2,1H3. The van der Waals surface area contributed by atoms with Crippen molar-refractivity contribution in [3.63, 3.8) is 0 Å². The lowest BCUT2D eigenvalue weighted by Crippen LogP contribution is -2.51. The molecule has 0 aromatic heterocycles. The van der Waals surface area contributed by atoms with Gasteiger partial charge in [0, 0.05) is 32.7 Å². The van der Waals surface area contributed by atoms with Gasteiger partial charge in [-0.3, -0.25) is 4.79 Å². The summed E-state index contributed by atoms with van der Waals surface area (Å²) in [5.74, 6) is 0.847. The molecule has 3 saturated heterocycles. The highest BCUT2D eigenvalue weighted by Crippen LogP contribution is 2.40. The van der Waals surface area contributed by atoms with Crippen molar-refractivity contribution in [2.75, 3.05) is 45.9 Å². The molecule has 1 atom stereocenters. The van der Waals surface area contributed by atoms with Crippen LogP contribution in [0.5, 0.6) is 0 Å². The van der Waals surface area contributed by atoms with Gasteiger partial charge in [0.15, 0.2) is 0 Å². The van der Waals surface area contributed by atoms with E-state index in [0.717, 1.165) is 32.7 Å². The number of likely N-dealkylation sites (tertiary alicyclic amines) is 2. The second-order valence-corrected chi connectivity index (χ2v) is 7.29. The van der Waals surface area contributed by atoms with Gasteiger partial charge in [0.05, 0.1) is 0 Å². The lowest BCUT2D eigenvalue weighted by atomic mass is 9.72. The van der Waals surface area contributed by atoms with Crippen molar-refractivity contribution in [3.05, 3.63) is 0 Å². The maximum absolute atomic E-state index is 12.6. The summed E-state index contributed by atoms with van der Waals surface area (Å²) in [5, 5.41) is 0. The van der Waals surface area contributed by atoms with E-state index in [-0.39, 0.29) is 0 Å². The molecule has 1 amide bonds. The van der Waals surface area contributed by atoms with Crippen molar-refractivity contribution in [1.82, 2.24) is 9.80 Å². The maximum Gasteiger partial charge on any atom is 0.222 e. The van der Waals surface area contributed by atoms with Gasteiger partial charge in [-0.15, -0.1) is 0 Å². The molecule has 1 unspecified atom stereocenters. The number of carbonyl (C=O) groups is 1. The molecule has 0 N–H and O–H groups in total. The van der Waals surface area contributed by atoms with E-state index in [4.69, 9.17) is 4.74 Å². The normalized spacial score (nSPS) is 30.0. The minimum atomic E-state index is 0.377. The average Bonchev–Trinajstić information content (AvgIpc) is 3.01. The third-order valence-electron chi connectivity index (χ3n) is 5.87. The summed E-state index contributed by atoms with van der Waals surface area (Å²) >= 11 is 0. The second kappa shape index (κ2) is 6.66. The molecular formula is C17H30N2O2. The Kier molecular flexibility index (Phi) is 4.85. The van der Waals surface area contributed by atoms with Crippen LogP contribution in [0.2, 0.25) is 0 Å². The predicted molar refractivity (Wildman–Crippen MR) is 83.1 cm³/mol. The predicted octanol–water partition coefficient (Wildman–Crippen LogP) is 2.14. The first-order valence-electron chi connectivity index (χ1n) is 8.79. The monoisotopic (exact) mass is 294 g/mol. The molecule has 120 valence electrons. The van der Waals surface area contributed by atoms with E-state index in [2.05, 4.69) is 16.7 Å². The van der Waals surface area contributed by atoms with Crippen LogP contribution in [-0.4, -0.2) is 61.6 Å². The summed E-state index contributed by atoms with van der Waals surface area (Å²) in [4.78, 5) is 17.3. The van der Waals surface area contributed by atoms with Crippen LogP contribution in [0.4, 0.5) is 0 Å². The summed E-state index contributed by atoms with van der Waals surface area (Å²) in [6.45, 7) is 9.47. The Morgan fingerprint density at radius 1 is 1.24 bits per heavy atom. The van der Waals surface area contributed by atoms with E-state index >= 15 is 0 Å². The van der Waals surface area contributed by atoms with Gasteiger partial charge in [-0.05, 0) is 63.1 Å². The molecule has 3 heterocycles. The molecule has 0 aromatic carbocycles. The summed E-state index contributed by atoms with van der Waals surface area (Å²) in [5.41, 5.74) is 0.422. The van der Waals surface area contributed by atoms with Crippen LogP contribution in [-0.2, 0) is 9.53 Å². The highest BCUT2D eigenvalue weighted by atomic mass is 16.5. The molecule has 4 nitrogen and oxygen atoms in total. The number of nitrogens with zero attached hydrogens (tertiary/aromatic N) is 2. The van der Waals surface area contributed by atoms with Gasteiger partial charge in [0.2, 0.25) is 5.91 Å². The Bertz CT molecular complexity index is 358. The fourth-order valence-corrected chi connectivity index (χ4v) is 4.29. The SMILES string of the molecule is CCN1CCC2(CCCN(C(=O)CC3CCOC3)C2)CC1. The van der Waals surface area contributed by atoms with Crippen molar-refractivity contribution in [3.8, 4) is 0 Å². The van der Waals surface area contributed by atoms with E-state index in [1.54, 1.807) is 0 Å². The van der Waals surface area contributed by atoms with Gasteiger partial charge in [-0.1, -0.05) is 6.92 Å². The molecule has 1 spiro atoms. The zero-order chi connectivity index (χ0) is 14.7. The fraction of sp³-hybridized carbons (Fsp3) is 0.941. The van der Waals surface area contributed by atoms with Gasteiger partial charge in [-0.25, -0.2) is 0 Å². The fourth-order valence-electron chi connectivity index (χ4n) is 4.29. The second-order valence-electron chi connectivity index (χ2n) is 7.29. The molecule has 3 rings (SSSR count). The Labute approximate surface area is 128 Å². The van der Waals surface area contributed by atoms with E-state index in [0.29, 0.717) is 23.7 Å². The Morgan fingerprint density at radius 3 is 2.71 bits per heavy atom. The Morgan fingerprint density at radius 2 is 2.05 bits per heavy atom. The first-order chi connectivity index (χ1) is 10.2. The van der Waals surface area contributed by atoms with Crippen LogP contribution in [0.15, 0.2) is 0 Å². The molecule has 0 bridgehead atoms. The molecule has 0 radical (unpaired) electrons. The van der Waals surface area contributed by atoms with Gasteiger partial charge in [0.1, 0.15) is 0 Å². The number of hydrogen-bond acceptors (Lipinski definition) is 3. The molecule has 3 fully saturated rings. The molecule has 0 aliphatic carbocycles. The van der Waals surface area contributed by atoms with Gasteiger partial charge in [0.25, 0.3) is 0 Å². The summed E-state index contributed by atoms with van der Waals surface area (Å²) in [6.07, 6.45) is 6.83. The smallest absolute Gasteiger partial charge is 0.222 e. The minimum absolute atomic E-state index is 0.377. The third kappa shape index (κ3) is 3.59. The molecular weight excluding hydrogens is 264 g/mol. The zero-order valence-corrected chi connectivity index (χ0v) is 13.5. The summed E-state index contributed by atoms with van der Waals surface area (Å²) in [6, 6.07) is 0. The Hall–Kier alpha value is -0.610. The quantitative estimate of drug-likeness (QED) is 0.799. The molecule has 21 heavy (non-hydrogen) atoms. The van der Waals surface area contributed by atoms with Crippen molar-refractivity contribution in [2.24, 2.45) is 11.3 Å². The van der Waals surface area contributed by atoms with Crippen LogP contribution in [0.25, 0.3) is 0 Å². The lowest BCUT2D eigenvalue weighted by Gasteiger charge is -2.47. The van der Waals surface area contributed by atoms with Crippen molar-refractivity contribution >= 4 is 5.91 Å². The lowest BCUT2D eigenvalue weighted by molar-refractivity contribution is -0.136. The first-order valence-corrected chi connectivity index (χ1v) is 8.79. The van der Waals surface area contributed by atoms with E-state index in [1.807, 2.05) is 0 Å².